The second-order valence-electron chi connectivity index (χ2n) is 5.39. The van der Waals surface area contributed by atoms with E-state index in [0.29, 0.717) is 6.54 Å². The maximum Gasteiger partial charge on any atom is 0.500 e. The maximum absolute atomic E-state index is 5.36. The fraction of sp³-hybridized carbons (Fsp3) is 1.00. The number of hydrogen-bond donors (Lipinski definition) is 1. The molecule has 2 N–H and O–H groups in total. The average molecular weight is 387 g/mol. The Morgan fingerprint density at radius 2 is 1.00 bits per heavy atom. The molecule has 0 aliphatic carbocycles. The van der Waals surface area contributed by atoms with Crippen LogP contribution in [0.2, 0.25) is 12.1 Å². The van der Waals surface area contributed by atoms with E-state index in [2.05, 4.69) is 19.0 Å². The molecule has 0 atom stereocenters. The summed E-state index contributed by atoms with van der Waals surface area (Å²) in [5.74, 6) is 0. The van der Waals surface area contributed by atoms with Gasteiger partial charge in [0, 0.05) is 54.7 Å². The van der Waals surface area contributed by atoms with Crippen LogP contribution < -0.4 is 5.73 Å². The first-order valence-corrected chi connectivity index (χ1v) is 11.9. The van der Waals surface area contributed by atoms with Gasteiger partial charge in [-0.05, 0) is 40.0 Å². The molecular weight excluding hydrogens is 348 g/mol. The van der Waals surface area contributed by atoms with E-state index in [9.17, 15) is 0 Å². The molecular formula is C14H38N2O6Si2. The summed E-state index contributed by atoms with van der Waals surface area (Å²) in [5.41, 5.74) is 5.36. The number of rotatable bonds is 13. The molecule has 0 saturated carbocycles. The fourth-order valence-corrected chi connectivity index (χ4v) is 5.50. The van der Waals surface area contributed by atoms with Crippen LogP contribution in [0.3, 0.4) is 0 Å². The lowest BCUT2D eigenvalue weighted by Crippen LogP contribution is -2.43. The van der Waals surface area contributed by atoms with E-state index in [1.807, 2.05) is 0 Å². The quantitative estimate of drug-likeness (QED) is 0.470. The highest BCUT2D eigenvalue weighted by atomic mass is 28.4. The van der Waals surface area contributed by atoms with Crippen LogP contribution in [0.4, 0.5) is 0 Å². The van der Waals surface area contributed by atoms with E-state index in [0.717, 1.165) is 31.5 Å². The Balaban J connectivity index is 0. The van der Waals surface area contributed by atoms with Crippen molar-refractivity contribution in [3.63, 3.8) is 0 Å². The molecule has 0 aromatic rings. The zero-order valence-electron chi connectivity index (χ0n) is 16.7. The largest absolute Gasteiger partial charge is 0.500 e. The standard InChI is InChI=1S/C8H21NO3Si.C6H17NO3Si/c1-9(2)7-6-8-13(10-3,11-4)12-5;1-8-11(9-2,10-3)6-4-5-7/h6-8H2,1-5H3;4-7H2,1-3H3. The zero-order chi connectivity index (χ0) is 19.1. The van der Waals surface area contributed by atoms with Gasteiger partial charge in [-0.25, -0.2) is 0 Å². The SMILES string of the molecule is CO[Si](CCCN(C)C)(OC)OC.CO[Si](CCCN)(OC)OC. The molecule has 24 heavy (non-hydrogen) atoms. The summed E-state index contributed by atoms with van der Waals surface area (Å²) in [6.45, 7) is 1.68. The molecule has 0 rings (SSSR count). The van der Waals surface area contributed by atoms with Crippen molar-refractivity contribution in [1.29, 1.82) is 0 Å². The summed E-state index contributed by atoms with van der Waals surface area (Å²) in [6, 6.07) is 1.65. The highest BCUT2D eigenvalue weighted by Gasteiger charge is 2.37. The van der Waals surface area contributed by atoms with Crippen molar-refractivity contribution >= 4 is 17.6 Å². The third-order valence-corrected chi connectivity index (χ3v) is 9.31. The molecule has 0 heterocycles. The first-order chi connectivity index (χ1) is 11.3. The van der Waals surface area contributed by atoms with E-state index in [-0.39, 0.29) is 0 Å². The van der Waals surface area contributed by atoms with Gasteiger partial charge < -0.3 is 37.2 Å². The third kappa shape index (κ3) is 10.9. The van der Waals surface area contributed by atoms with Crippen molar-refractivity contribution < 1.29 is 26.6 Å². The Labute approximate surface area is 150 Å². The minimum absolute atomic E-state index is 0.644. The van der Waals surface area contributed by atoms with Gasteiger partial charge in [0.2, 0.25) is 0 Å². The van der Waals surface area contributed by atoms with Crippen LogP contribution in [0, 0.1) is 0 Å². The van der Waals surface area contributed by atoms with Crippen LogP contribution in [-0.4, -0.2) is 92.4 Å². The Bertz CT molecular complexity index is 263. The molecule has 10 heteroatoms. The Kier molecular flexibility index (Phi) is 16.9. The topological polar surface area (TPSA) is 84.6 Å². The number of nitrogens with zero attached hydrogens (tertiary/aromatic N) is 1. The maximum atomic E-state index is 5.36. The highest BCUT2D eigenvalue weighted by Crippen LogP contribution is 2.15. The molecule has 0 aromatic carbocycles. The molecule has 148 valence electrons. The molecule has 0 spiro atoms. The molecule has 0 saturated heterocycles. The normalized spacial score (nSPS) is 12.2. The molecule has 0 aliphatic rings. The molecule has 0 unspecified atom stereocenters. The second-order valence-corrected chi connectivity index (χ2v) is 11.6. The Morgan fingerprint density at radius 3 is 1.25 bits per heavy atom. The second kappa shape index (κ2) is 15.4. The third-order valence-electron chi connectivity index (χ3n) is 3.64. The lowest BCUT2D eigenvalue weighted by atomic mass is 10.5. The van der Waals surface area contributed by atoms with Crippen LogP contribution in [0.25, 0.3) is 0 Å². The zero-order valence-corrected chi connectivity index (χ0v) is 18.7. The summed E-state index contributed by atoms with van der Waals surface area (Å²) in [6.07, 6.45) is 1.91. The summed E-state index contributed by atoms with van der Waals surface area (Å²) in [4.78, 5) is 2.14. The number of nitrogens with two attached hydrogens (primary N) is 1. The molecule has 0 bridgehead atoms. The minimum Gasteiger partial charge on any atom is -0.377 e. The van der Waals surface area contributed by atoms with Crippen molar-refractivity contribution in [3.05, 3.63) is 0 Å². The monoisotopic (exact) mass is 386 g/mol. The van der Waals surface area contributed by atoms with Gasteiger partial charge in [-0.2, -0.15) is 0 Å². The molecule has 0 aliphatic heterocycles. The predicted molar refractivity (Wildman–Crippen MR) is 100 cm³/mol. The van der Waals surface area contributed by atoms with Crippen LogP contribution in [0.15, 0.2) is 0 Å². The highest BCUT2D eigenvalue weighted by molar-refractivity contribution is 6.60. The van der Waals surface area contributed by atoms with E-state index in [4.69, 9.17) is 32.3 Å². The Morgan fingerprint density at radius 1 is 0.667 bits per heavy atom. The van der Waals surface area contributed by atoms with E-state index >= 15 is 0 Å². The van der Waals surface area contributed by atoms with Crippen molar-refractivity contribution in [2.75, 3.05) is 69.8 Å². The summed E-state index contributed by atoms with van der Waals surface area (Å²) < 4.78 is 31.4. The van der Waals surface area contributed by atoms with Crippen molar-refractivity contribution in [1.82, 2.24) is 4.90 Å². The van der Waals surface area contributed by atoms with Crippen molar-refractivity contribution in [2.45, 2.75) is 24.9 Å². The van der Waals surface area contributed by atoms with E-state index in [1.165, 1.54) is 0 Å². The van der Waals surface area contributed by atoms with Crippen molar-refractivity contribution in [3.8, 4) is 0 Å². The first kappa shape index (κ1) is 26.3. The van der Waals surface area contributed by atoms with Gasteiger partial charge >= 0.3 is 17.6 Å². The smallest absolute Gasteiger partial charge is 0.377 e. The molecule has 0 radical (unpaired) electrons. The van der Waals surface area contributed by atoms with Gasteiger partial charge in [0.15, 0.2) is 0 Å². The van der Waals surface area contributed by atoms with Crippen LogP contribution in [0.5, 0.6) is 0 Å². The van der Waals surface area contributed by atoms with Gasteiger partial charge in [-0.3, -0.25) is 0 Å². The van der Waals surface area contributed by atoms with E-state index in [1.54, 1.807) is 42.7 Å². The van der Waals surface area contributed by atoms with Gasteiger partial charge in [0.1, 0.15) is 0 Å². The van der Waals surface area contributed by atoms with Crippen LogP contribution in [0.1, 0.15) is 12.8 Å². The van der Waals surface area contributed by atoms with E-state index < -0.39 is 17.6 Å². The fourth-order valence-electron chi connectivity index (χ4n) is 2.04. The molecule has 8 nitrogen and oxygen atoms in total. The number of hydrogen-bond acceptors (Lipinski definition) is 8. The molecule has 0 aromatic heterocycles. The predicted octanol–water partition coefficient (Wildman–Crippen LogP) is 1.03. The summed E-state index contributed by atoms with van der Waals surface area (Å²) in [5, 5.41) is 0. The summed E-state index contributed by atoms with van der Waals surface area (Å²) in [7, 11) is 9.24. The van der Waals surface area contributed by atoms with Gasteiger partial charge in [0.05, 0.1) is 0 Å². The minimum atomic E-state index is -2.32. The lowest BCUT2D eigenvalue weighted by molar-refractivity contribution is 0.122. The lowest BCUT2D eigenvalue weighted by Gasteiger charge is -2.24. The average Bonchev–Trinajstić information content (AvgIpc) is 2.61. The summed E-state index contributed by atoms with van der Waals surface area (Å²) >= 11 is 0. The Hall–Kier alpha value is 0.114. The molecule has 0 fully saturated rings. The van der Waals surface area contributed by atoms with Gasteiger partial charge in [0.25, 0.3) is 0 Å². The van der Waals surface area contributed by atoms with Crippen molar-refractivity contribution in [2.24, 2.45) is 5.73 Å². The first-order valence-electron chi connectivity index (χ1n) is 8.00. The van der Waals surface area contributed by atoms with Gasteiger partial charge in [-0.1, -0.05) is 0 Å². The molecule has 0 amide bonds. The van der Waals surface area contributed by atoms with Gasteiger partial charge in [-0.15, -0.1) is 0 Å². The van der Waals surface area contributed by atoms with Crippen LogP contribution >= 0.6 is 0 Å². The van der Waals surface area contributed by atoms with Crippen LogP contribution in [-0.2, 0) is 26.6 Å².